The number of hydrogen-bond acceptors (Lipinski definition) is 4. The first-order chi connectivity index (χ1) is 10.6. The molecule has 2 rings (SSSR count). The van der Waals surface area contributed by atoms with Gasteiger partial charge in [-0.05, 0) is 37.5 Å². The van der Waals surface area contributed by atoms with Gasteiger partial charge in [0, 0.05) is 45.9 Å². The fraction of sp³-hybridized carbons (Fsp3) is 0.667. The number of aliphatic hydroxyl groups is 1. The Bertz CT molecular complexity index is 456. The van der Waals surface area contributed by atoms with E-state index in [-0.39, 0.29) is 0 Å². The second-order valence-corrected chi connectivity index (χ2v) is 6.20. The highest BCUT2D eigenvalue weighted by atomic mass is 16.5. The Kier molecular flexibility index (Phi) is 6.83. The quantitative estimate of drug-likeness (QED) is 0.782. The van der Waals surface area contributed by atoms with Gasteiger partial charge >= 0.3 is 0 Å². The smallest absolute Gasteiger partial charge is 0.0917 e. The van der Waals surface area contributed by atoms with Crippen LogP contribution in [0, 0.1) is 13.8 Å². The van der Waals surface area contributed by atoms with Crippen LogP contribution >= 0.6 is 0 Å². The van der Waals surface area contributed by atoms with Crippen molar-refractivity contribution in [3.63, 3.8) is 0 Å². The van der Waals surface area contributed by atoms with E-state index < -0.39 is 6.10 Å². The van der Waals surface area contributed by atoms with Crippen molar-refractivity contribution < 1.29 is 9.84 Å². The number of β-amino-alcohol motifs (C(OH)–C–C–N with tert-alkyl or cyclic N) is 1. The molecule has 0 radical (unpaired) electrons. The first kappa shape index (κ1) is 17.4. The maximum absolute atomic E-state index is 10.5. The van der Waals surface area contributed by atoms with Gasteiger partial charge in [0.15, 0.2) is 0 Å². The number of benzene rings is 1. The predicted octanol–water partition coefficient (Wildman–Crippen LogP) is 1.99. The van der Waals surface area contributed by atoms with Crippen LogP contribution in [0.2, 0.25) is 0 Å². The monoisotopic (exact) mass is 306 g/mol. The zero-order chi connectivity index (χ0) is 15.9. The third-order valence-corrected chi connectivity index (χ3v) is 4.57. The topological polar surface area (TPSA) is 35.9 Å². The SMILES string of the molecule is CCOCCN1CCN(C[C@@H](O)c2ccc(C)c(C)c2)CC1. The number of nitrogens with zero attached hydrogens (tertiary/aromatic N) is 2. The van der Waals surface area contributed by atoms with Gasteiger partial charge < -0.3 is 9.84 Å². The lowest BCUT2D eigenvalue weighted by Crippen LogP contribution is -2.48. The zero-order valence-corrected chi connectivity index (χ0v) is 14.2. The molecule has 1 aliphatic heterocycles. The molecule has 1 aromatic carbocycles. The number of aryl methyl sites for hydroxylation is 2. The fourth-order valence-electron chi connectivity index (χ4n) is 2.86. The first-order valence-electron chi connectivity index (χ1n) is 8.37. The maximum atomic E-state index is 10.5. The van der Waals surface area contributed by atoms with Crippen LogP contribution in [0.1, 0.15) is 29.7 Å². The van der Waals surface area contributed by atoms with E-state index in [4.69, 9.17) is 4.74 Å². The number of aliphatic hydroxyl groups excluding tert-OH is 1. The standard InChI is InChI=1S/C18H30N2O2/c1-4-22-12-11-19-7-9-20(10-8-19)14-18(21)17-6-5-15(2)16(3)13-17/h5-6,13,18,21H,4,7-12,14H2,1-3H3/t18-/m1/s1. The molecule has 0 spiro atoms. The molecule has 0 amide bonds. The summed E-state index contributed by atoms with van der Waals surface area (Å²) in [6.45, 7) is 13.8. The van der Waals surface area contributed by atoms with Gasteiger partial charge in [0.1, 0.15) is 0 Å². The van der Waals surface area contributed by atoms with E-state index in [9.17, 15) is 5.11 Å². The lowest BCUT2D eigenvalue weighted by atomic mass is 10.0. The van der Waals surface area contributed by atoms with Gasteiger partial charge in [0.25, 0.3) is 0 Å². The van der Waals surface area contributed by atoms with Crippen molar-refractivity contribution in [3.8, 4) is 0 Å². The highest BCUT2D eigenvalue weighted by Gasteiger charge is 2.19. The molecular weight excluding hydrogens is 276 g/mol. The normalized spacial score (nSPS) is 18.5. The summed E-state index contributed by atoms with van der Waals surface area (Å²) in [7, 11) is 0. The van der Waals surface area contributed by atoms with Crippen LogP contribution < -0.4 is 0 Å². The summed E-state index contributed by atoms with van der Waals surface area (Å²) in [5, 5.41) is 10.5. The lowest BCUT2D eigenvalue weighted by molar-refractivity contribution is 0.0550. The first-order valence-corrected chi connectivity index (χ1v) is 8.37. The lowest BCUT2D eigenvalue weighted by Gasteiger charge is -2.35. The predicted molar refractivity (Wildman–Crippen MR) is 90.2 cm³/mol. The molecule has 22 heavy (non-hydrogen) atoms. The third-order valence-electron chi connectivity index (χ3n) is 4.57. The summed E-state index contributed by atoms with van der Waals surface area (Å²) < 4.78 is 5.41. The second-order valence-electron chi connectivity index (χ2n) is 6.20. The van der Waals surface area contributed by atoms with Crippen LogP contribution in [0.4, 0.5) is 0 Å². The Morgan fingerprint density at radius 3 is 2.41 bits per heavy atom. The third kappa shape index (κ3) is 5.06. The molecule has 0 aliphatic carbocycles. The molecule has 1 N–H and O–H groups in total. The van der Waals surface area contributed by atoms with E-state index in [1.54, 1.807) is 0 Å². The highest BCUT2D eigenvalue weighted by Crippen LogP contribution is 2.18. The summed E-state index contributed by atoms with van der Waals surface area (Å²) >= 11 is 0. The van der Waals surface area contributed by atoms with Crippen molar-refractivity contribution in [1.82, 2.24) is 9.80 Å². The average Bonchev–Trinajstić information content (AvgIpc) is 2.52. The molecular formula is C18H30N2O2. The van der Waals surface area contributed by atoms with Gasteiger partial charge in [-0.2, -0.15) is 0 Å². The number of piperazine rings is 1. The van der Waals surface area contributed by atoms with E-state index in [1.807, 2.05) is 13.0 Å². The van der Waals surface area contributed by atoms with Crippen molar-refractivity contribution >= 4 is 0 Å². The highest BCUT2D eigenvalue weighted by molar-refractivity contribution is 5.31. The Morgan fingerprint density at radius 1 is 1.09 bits per heavy atom. The second kappa shape index (κ2) is 8.63. The minimum atomic E-state index is -0.394. The average molecular weight is 306 g/mol. The molecule has 1 saturated heterocycles. The van der Waals surface area contributed by atoms with Crippen LogP contribution in [0.25, 0.3) is 0 Å². The number of ether oxygens (including phenoxy) is 1. The molecule has 0 aromatic heterocycles. The molecule has 4 nitrogen and oxygen atoms in total. The van der Waals surface area contributed by atoms with Gasteiger partial charge in [-0.25, -0.2) is 0 Å². The summed E-state index contributed by atoms with van der Waals surface area (Å²) in [4.78, 5) is 4.80. The molecule has 4 heteroatoms. The summed E-state index contributed by atoms with van der Waals surface area (Å²) in [5.41, 5.74) is 3.55. The van der Waals surface area contributed by atoms with Crippen molar-refractivity contribution in [2.45, 2.75) is 26.9 Å². The molecule has 1 atom stereocenters. The van der Waals surface area contributed by atoms with Crippen molar-refractivity contribution in [2.24, 2.45) is 0 Å². The van der Waals surface area contributed by atoms with E-state index in [1.165, 1.54) is 11.1 Å². The molecule has 0 unspecified atom stereocenters. The van der Waals surface area contributed by atoms with Crippen LogP contribution in [-0.2, 0) is 4.74 Å². The largest absolute Gasteiger partial charge is 0.387 e. The Hall–Kier alpha value is -0.940. The van der Waals surface area contributed by atoms with Gasteiger partial charge in [-0.3, -0.25) is 9.80 Å². The van der Waals surface area contributed by atoms with E-state index in [0.717, 1.165) is 58.0 Å². The van der Waals surface area contributed by atoms with Gasteiger partial charge in [0.2, 0.25) is 0 Å². The van der Waals surface area contributed by atoms with Crippen LogP contribution in [-0.4, -0.2) is 67.4 Å². The molecule has 0 bridgehead atoms. The summed E-state index contributed by atoms with van der Waals surface area (Å²) in [6.07, 6.45) is -0.394. The fourth-order valence-corrected chi connectivity index (χ4v) is 2.86. The molecule has 1 fully saturated rings. The Balaban J connectivity index is 1.76. The van der Waals surface area contributed by atoms with Crippen LogP contribution in [0.3, 0.4) is 0 Å². The molecule has 1 aliphatic rings. The van der Waals surface area contributed by atoms with Crippen molar-refractivity contribution in [3.05, 3.63) is 34.9 Å². The van der Waals surface area contributed by atoms with Gasteiger partial charge in [-0.1, -0.05) is 18.2 Å². The minimum absolute atomic E-state index is 0.394. The zero-order valence-electron chi connectivity index (χ0n) is 14.2. The number of hydrogen-bond donors (Lipinski definition) is 1. The van der Waals surface area contributed by atoms with E-state index in [0.29, 0.717) is 0 Å². The van der Waals surface area contributed by atoms with Crippen LogP contribution in [0.15, 0.2) is 18.2 Å². The molecule has 124 valence electrons. The molecule has 1 aromatic rings. The minimum Gasteiger partial charge on any atom is -0.387 e. The molecule has 1 heterocycles. The summed E-state index contributed by atoms with van der Waals surface area (Å²) in [6, 6.07) is 6.25. The van der Waals surface area contributed by atoms with E-state index >= 15 is 0 Å². The Morgan fingerprint density at radius 2 is 1.77 bits per heavy atom. The van der Waals surface area contributed by atoms with Gasteiger partial charge in [0.05, 0.1) is 12.7 Å². The van der Waals surface area contributed by atoms with E-state index in [2.05, 4.69) is 35.8 Å². The number of rotatable bonds is 7. The van der Waals surface area contributed by atoms with Crippen molar-refractivity contribution in [1.29, 1.82) is 0 Å². The molecule has 0 saturated carbocycles. The maximum Gasteiger partial charge on any atom is 0.0917 e. The Labute approximate surface area is 134 Å². The van der Waals surface area contributed by atoms with Gasteiger partial charge in [-0.15, -0.1) is 0 Å². The van der Waals surface area contributed by atoms with Crippen LogP contribution in [0.5, 0.6) is 0 Å². The summed E-state index contributed by atoms with van der Waals surface area (Å²) in [5.74, 6) is 0. The van der Waals surface area contributed by atoms with Crippen molar-refractivity contribution in [2.75, 3.05) is 52.5 Å².